The summed E-state index contributed by atoms with van der Waals surface area (Å²) in [6, 6.07) is 8.70. The number of hydrogen-bond acceptors (Lipinski definition) is 7. The third kappa shape index (κ3) is 4.66. The molecule has 0 spiro atoms. The van der Waals surface area contributed by atoms with Gasteiger partial charge in [0.15, 0.2) is 5.82 Å². The van der Waals surface area contributed by atoms with Crippen molar-refractivity contribution in [3.05, 3.63) is 46.6 Å². The second kappa shape index (κ2) is 8.39. The van der Waals surface area contributed by atoms with E-state index in [0.717, 1.165) is 23.1 Å². The maximum Gasteiger partial charge on any atom is 0.277 e. The molecule has 0 saturated carbocycles. The number of pyridine rings is 1. The Labute approximate surface area is 163 Å². The zero-order valence-corrected chi connectivity index (χ0v) is 15.7. The molecule has 1 N–H and O–H groups in total. The first-order valence-corrected chi connectivity index (χ1v) is 9.01. The number of rotatable bonds is 6. The molecule has 10 heteroatoms. The van der Waals surface area contributed by atoms with Crippen LogP contribution in [0.2, 0.25) is 10.0 Å². The summed E-state index contributed by atoms with van der Waals surface area (Å²) in [6.07, 6.45) is 1.40. The molecule has 3 aromatic rings. The van der Waals surface area contributed by atoms with Gasteiger partial charge in [0.25, 0.3) is 5.22 Å². The number of halogens is 2. The highest BCUT2D eigenvalue weighted by Gasteiger charge is 2.13. The van der Waals surface area contributed by atoms with E-state index < -0.39 is 0 Å². The Bertz CT molecular complexity index is 918. The minimum atomic E-state index is -0.309. The molecule has 2 aromatic heterocycles. The Morgan fingerprint density at radius 3 is 2.73 bits per heavy atom. The number of methoxy groups -OCH3 is 1. The Kier molecular flexibility index (Phi) is 5.97. The van der Waals surface area contributed by atoms with Crippen LogP contribution in [0.3, 0.4) is 0 Å². The summed E-state index contributed by atoms with van der Waals surface area (Å²) in [5.41, 5.74) is 0.756. The van der Waals surface area contributed by atoms with Crippen LogP contribution in [0.1, 0.15) is 0 Å². The number of benzene rings is 1. The van der Waals surface area contributed by atoms with Gasteiger partial charge in [0.05, 0.1) is 22.9 Å². The summed E-state index contributed by atoms with van der Waals surface area (Å²) in [5, 5.41) is 11.4. The normalized spacial score (nSPS) is 10.6. The summed E-state index contributed by atoms with van der Waals surface area (Å²) in [6.45, 7) is 0. The second-order valence-electron chi connectivity index (χ2n) is 4.92. The van der Waals surface area contributed by atoms with Gasteiger partial charge in [0, 0.05) is 11.8 Å². The molecule has 3 rings (SSSR count). The summed E-state index contributed by atoms with van der Waals surface area (Å²) < 4.78 is 10.6. The lowest BCUT2D eigenvalue weighted by atomic mass is 10.2. The molecule has 0 atom stereocenters. The number of carbonyl (C=O) groups is 1. The fourth-order valence-electron chi connectivity index (χ4n) is 1.92. The SMILES string of the molecule is COc1ccc(-c2nnc(SCC(=O)Nc3ncc(Cl)cc3Cl)o2)cc1. The van der Waals surface area contributed by atoms with E-state index in [0.29, 0.717) is 10.9 Å². The fourth-order valence-corrected chi connectivity index (χ4v) is 2.91. The Hall–Kier alpha value is -2.29. The van der Waals surface area contributed by atoms with E-state index in [4.69, 9.17) is 32.4 Å². The lowest BCUT2D eigenvalue weighted by Crippen LogP contribution is -2.15. The third-order valence-corrected chi connectivity index (χ3v) is 4.45. The molecule has 0 aliphatic heterocycles. The van der Waals surface area contributed by atoms with Crippen LogP contribution in [0.15, 0.2) is 46.2 Å². The van der Waals surface area contributed by atoms with E-state index in [1.165, 1.54) is 12.3 Å². The number of anilines is 1. The summed E-state index contributed by atoms with van der Waals surface area (Å²) in [4.78, 5) is 16.0. The minimum Gasteiger partial charge on any atom is -0.497 e. The van der Waals surface area contributed by atoms with Crippen molar-refractivity contribution in [2.75, 3.05) is 18.2 Å². The molecular formula is C16H12Cl2N4O3S. The monoisotopic (exact) mass is 410 g/mol. The van der Waals surface area contributed by atoms with Crippen molar-refractivity contribution in [2.24, 2.45) is 0 Å². The van der Waals surface area contributed by atoms with E-state index in [9.17, 15) is 4.79 Å². The number of nitrogens with one attached hydrogen (secondary N) is 1. The van der Waals surface area contributed by atoms with Gasteiger partial charge in [0.1, 0.15) is 5.75 Å². The lowest BCUT2D eigenvalue weighted by molar-refractivity contribution is -0.113. The van der Waals surface area contributed by atoms with Crippen LogP contribution in [-0.4, -0.2) is 34.0 Å². The van der Waals surface area contributed by atoms with Gasteiger partial charge in [-0.15, -0.1) is 10.2 Å². The molecule has 0 radical (unpaired) electrons. The summed E-state index contributed by atoms with van der Waals surface area (Å²) in [5.74, 6) is 1.08. The Morgan fingerprint density at radius 1 is 1.27 bits per heavy atom. The number of ether oxygens (including phenoxy) is 1. The molecule has 7 nitrogen and oxygen atoms in total. The summed E-state index contributed by atoms with van der Waals surface area (Å²) >= 11 is 12.8. The van der Waals surface area contributed by atoms with Gasteiger partial charge in [0.2, 0.25) is 11.8 Å². The predicted molar refractivity (Wildman–Crippen MR) is 99.9 cm³/mol. The van der Waals surface area contributed by atoms with Crippen molar-refractivity contribution >= 4 is 46.7 Å². The van der Waals surface area contributed by atoms with Crippen molar-refractivity contribution in [2.45, 2.75) is 5.22 Å². The Balaban J connectivity index is 1.58. The van der Waals surface area contributed by atoms with Crippen molar-refractivity contribution in [3.8, 4) is 17.2 Å². The molecule has 134 valence electrons. The average Bonchev–Trinajstić information content (AvgIpc) is 3.11. The molecule has 0 bridgehead atoms. The highest BCUT2D eigenvalue weighted by Crippen LogP contribution is 2.26. The van der Waals surface area contributed by atoms with Gasteiger partial charge in [-0.2, -0.15) is 0 Å². The van der Waals surface area contributed by atoms with Crippen LogP contribution >= 0.6 is 35.0 Å². The molecule has 0 unspecified atom stereocenters. The first kappa shape index (κ1) is 18.5. The van der Waals surface area contributed by atoms with Crippen LogP contribution in [0.4, 0.5) is 5.82 Å². The van der Waals surface area contributed by atoms with Crippen LogP contribution in [0.25, 0.3) is 11.5 Å². The van der Waals surface area contributed by atoms with E-state index in [1.54, 1.807) is 19.2 Å². The number of nitrogens with zero attached hydrogens (tertiary/aromatic N) is 3. The Morgan fingerprint density at radius 2 is 2.04 bits per heavy atom. The molecule has 26 heavy (non-hydrogen) atoms. The minimum absolute atomic E-state index is 0.0604. The summed E-state index contributed by atoms with van der Waals surface area (Å²) in [7, 11) is 1.59. The van der Waals surface area contributed by atoms with Crippen molar-refractivity contribution in [1.29, 1.82) is 0 Å². The number of hydrogen-bond donors (Lipinski definition) is 1. The van der Waals surface area contributed by atoms with Crippen molar-refractivity contribution < 1.29 is 13.9 Å². The fraction of sp³-hybridized carbons (Fsp3) is 0.125. The van der Waals surface area contributed by atoms with Gasteiger partial charge in [-0.1, -0.05) is 35.0 Å². The first-order valence-electron chi connectivity index (χ1n) is 7.27. The molecule has 0 aliphatic carbocycles. The van der Waals surface area contributed by atoms with Crippen LogP contribution in [-0.2, 0) is 4.79 Å². The maximum atomic E-state index is 12.0. The highest BCUT2D eigenvalue weighted by atomic mass is 35.5. The van der Waals surface area contributed by atoms with Gasteiger partial charge >= 0.3 is 0 Å². The van der Waals surface area contributed by atoms with Crippen molar-refractivity contribution in [3.63, 3.8) is 0 Å². The molecule has 2 heterocycles. The molecule has 0 aliphatic rings. The van der Waals surface area contributed by atoms with E-state index >= 15 is 0 Å². The van der Waals surface area contributed by atoms with Gasteiger partial charge in [-0.25, -0.2) is 4.98 Å². The second-order valence-corrected chi connectivity index (χ2v) is 6.69. The topological polar surface area (TPSA) is 90.1 Å². The van der Waals surface area contributed by atoms with Gasteiger partial charge in [-0.05, 0) is 30.3 Å². The van der Waals surface area contributed by atoms with E-state index in [2.05, 4.69) is 20.5 Å². The van der Waals surface area contributed by atoms with Crippen molar-refractivity contribution in [1.82, 2.24) is 15.2 Å². The standard InChI is InChI=1S/C16H12Cl2N4O3S/c1-24-11-4-2-9(3-5-11)15-21-22-16(25-15)26-8-13(23)20-14-12(18)6-10(17)7-19-14/h2-7H,8H2,1H3,(H,19,20,23). The maximum absolute atomic E-state index is 12.0. The first-order chi connectivity index (χ1) is 12.5. The zero-order valence-electron chi connectivity index (χ0n) is 13.4. The number of thioether (sulfide) groups is 1. The van der Waals surface area contributed by atoms with Crippen LogP contribution in [0.5, 0.6) is 5.75 Å². The highest BCUT2D eigenvalue weighted by molar-refractivity contribution is 7.99. The van der Waals surface area contributed by atoms with Gasteiger partial charge in [-0.3, -0.25) is 4.79 Å². The molecular weight excluding hydrogens is 399 g/mol. The number of amides is 1. The van der Waals surface area contributed by atoms with E-state index in [-0.39, 0.29) is 27.7 Å². The smallest absolute Gasteiger partial charge is 0.277 e. The lowest BCUT2D eigenvalue weighted by Gasteiger charge is -2.05. The molecule has 1 amide bonds. The van der Waals surface area contributed by atoms with Crippen LogP contribution in [0, 0.1) is 0 Å². The number of aromatic nitrogens is 3. The zero-order chi connectivity index (χ0) is 18.5. The quantitative estimate of drug-likeness (QED) is 0.609. The van der Waals surface area contributed by atoms with Gasteiger partial charge < -0.3 is 14.5 Å². The predicted octanol–water partition coefficient (Wildman–Crippen LogP) is 4.18. The largest absolute Gasteiger partial charge is 0.497 e. The molecule has 1 aromatic carbocycles. The van der Waals surface area contributed by atoms with Crippen LogP contribution < -0.4 is 10.1 Å². The molecule has 0 saturated heterocycles. The van der Waals surface area contributed by atoms with E-state index in [1.807, 2.05) is 12.1 Å². The third-order valence-electron chi connectivity index (χ3n) is 3.14. The molecule has 0 fully saturated rings. The average molecular weight is 411 g/mol. The number of carbonyl (C=O) groups excluding carboxylic acids is 1.